The molecule has 1 aromatic rings. The summed E-state index contributed by atoms with van der Waals surface area (Å²) in [6.45, 7) is 4.80. The van der Waals surface area contributed by atoms with Gasteiger partial charge in [0, 0.05) is 24.8 Å². The number of hydrogen-bond donors (Lipinski definition) is 2. The predicted octanol–water partition coefficient (Wildman–Crippen LogP) is 0.936. The fraction of sp³-hybridized carbons (Fsp3) is 0.636. The third kappa shape index (κ3) is 5.86. The van der Waals surface area contributed by atoms with Gasteiger partial charge in [-0.25, -0.2) is 4.98 Å². The molecule has 1 atom stereocenters. The number of rotatable bonds is 7. The Labute approximate surface area is 106 Å². The van der Waals surface area contributed by atoms with E-state index in [1.807, 2.05) is 20.1 Å². The van der Waals surface area contributed by atoms with Crippen LogP contribution in [0.3, 0.4) is 0 Å². The van der Waals surface area contributed by atoms with Gasteiger partial charge in [-0.15, -0.1) is 0 Å². The number of thioether (sulfide) groups is 1. The van der Waals surface area contributed by atoms with Crippen LogP contribution in [0.15, 0.2) is 17.4 Å². The molecule has 1 rings (SSSR count). The van der Waals surface area contributed by atoms with Crippen LogP contribution in [0.1, 0.15) is 13.8 Å². The predicted molar refractivity (Wildman–Crippen MR) is 68.5 cm³/mol. The van der Waals surface area contributed by atoms with Gasteiger partial charge in [0.15, 0.2) is 5.16 Å². The Kier molecular flexibility index (Phi) is 6.25. The van der Waals surface area contributed by atoms with Gasteiger partial charge in [0.05, 0.1) is 0 Å². The van der Waals surface area contributed by atoms with Crippen molar-refractivity contribution in [2.75, 3.05) is 19.4 Å². The summed E-state index contributed by atoms with van der Waals surface area (Å²) in [6.07, 6.45) is 3.01. The Morgan fingerprint density at radius 1 is 1.53 bits per heavy atom. The molecule has 0 fully saturated rings. The van der Waals surface area contributed by atoms with Gasteiger partial charge in [-0.1, -0.05) is 25.6 Å². The van der Waals surface area contributed by atoms with E-state index in [1.165, 1.54) is 11.8 Å². The summed E-state index contributed by atoms with van der Waals surface area (Å²) >= 11 is 1.45. The standard InChI is InChI=1S/C11H19N3O2S/c1-8(2)13-6-9(15)7-16-10-4-5-12-11(14-10)17-3/h4-5,8-9,13,15H,6-7H2,1-3H3/t9-/m0/s1. The lowest BCUT2D eigenvalue weighted by Crippen LogP contribution is -2.35. The van der Waals surface area contributed by atoms with Crippen LogP contribution in [-0.2, 0) is 0 Å². The molecule has 0 unspecified atom stereocenters. The van der Waals surface area contributed by atoms with E-state index in [-0.39, 0.29) is 6.61 Å². The van der Waals surface area contributed by atoms with E-state index in [0.29, 0.717) is 23.6 Å². The van der Waals surface area contributed by atoms with Crippen molar-refractivity contribution in [3.05, 3.63) is 12.3 Å². The molecule has 0 amide bonds. The molecule has 0 aliphatic rings. The lowest BCUT2D eigenvalue weighted by Gasteiger charge is -2.14. The van der Waals surface area contributed by atoms with Gasteiger partial charge in [-0.3, -0.25) is 0 Å². The fourth-order valence-electron chi connectivity index (χ4n) is 1.12. The van der Waals surface area contributed by atoms with Crippen molar-refractivity contribution in [1.29, 1.82) is 0 Å². The second-order valence-corrected chi connectivity index (χ2v) is 4.68. The Hall–Kier alpha value is -0.850. The lowest BCUT2D eigenvalue weighted by atomic mass is 10.3. The quantitative estimate of drug-likeness (QED) is 0.559. The number of aliphatic hydroxyl groups is 1. The maximum Gasteiger partial charge on any atom is 0.217 e. The Morgan fingerprint density at radius 3 is 2.94 bits per heavy atom. The Bertz CT molecular complexity index is 336. The normalized spacial score (nSPS) is 12.8. The van der Waals surface area contributed by atoms with Crippen LogP contribution >= 0.6 is 11.8 Å². The molecule has 96 valence electrons. The highest BCUT2D eigenvalue weighted by Gasteiger charge is 2.07. The molecule has 0 bridgehead atoms. The maximum absolute atomic E-state index is 9.65. The first-order valence-electron chi connectivity index (χ1n) is 5.53. The van der Waals surface area contributed by atoms with Crippen LogP contribution < -0.4 is 10.1 Å². The van der Waals surface area contributed by atoms with E-state index in [4.69, 9.17) is 4.74 Å². The monoisotopic (exact) mass is 257 g/mol. The molecule has 1 aromatic heterocycles. The minimum Gasteiger partial charge on any atom is -0.475 e. The minimum absolute atomic E-state index is 0.227. The van der Waals surface area contributed by atoms with Crippen LogP contribution in [0.5, 0.6) is 5.88 Å². The van der Waals surface area contributed by atoms with E-state index in [9.17, 15) is 5.11 Å². The van der Waals surface area contributed by atoms with Crippen molar-refractivity contribution >= 4 is 11.8 Å². The van der Waals surface area contributed by atoms with Crippen LogP contribution in [0, 0.1) is 0 Å². The summed E-state index contributed by atoms with van der Waals surface area (Å²) in [5, 5.41) is 13.5. The van der Waals surface area contributed by atoms with Gasteiger partial charge in [-0.2, -0.15) is 4.98 Å². The fourth-order valence-corrected chi connectivity index (χ4v) is 1.46. The zero-order valence-corrected chi connectivity index (χ0v) is 11.2. The van der Waals surface area contributed by atoms with E-state index in [0.717, 1.165) is 0 Å². The highest BCUT2D eigenvalue weighted by atomic mass is 32.2. The highest BCUT2D eigenvalue weighted by Crippen LogP contribution is 2.12. The molecule has 0 aliphatic carbocycles. The topological polar surface area (TPSA) is 67.3 Å². The molecule has 0 spiro atoms. The van der Waals surface area contributed by atoms with Crippen LogP contribution in [0.2, 0.25) is 0 Å². The van der Waals surface area contributed by atoms with Crippen molar-refractivity contribution in [3.8, 4) is 5.88 Å². The number of aliphatic hydroxyl groups excluding tert-OH is 1. The van der Waals surface area contributed by atoms with Crippen LogP contribution in [-0.4, -0.2) is 46.6 Å². The van der Waals surface area contributed by atoms with E-state index in [1.54, 1.807) is 12.3 Å². The molecule has 0 aliphatic heterocycles. The first kappa shape index (κ1) is 14.2. The first-order chi connectivity index (χ1) is 8.11. The van der Waals surface area contributed by atoms with Crippen molar-refractivity contribution in [3.63, 3.8) is 0 Å². The van der Waals surface area contributed by atoms with Crippen molar-refractivity contribution in [2.24, 2.45) is 0 Å². The van der Waals surface area contributed by atoms with Crippen LogP contribution in [0.25, 0.3) is 0 Å². The smallest absolute Gasteiger partial charge is 0.217 e. The molecule has 5 nitrogen and oxygen atoms in total. The Morgan fingerprint density at radius 2 is 2.29 bits per heavy atom. The summed E-state index contributed by atoms with van der Waals surface area (Å²) in [6, 6.07) is 2.04. The van der Waals surface area contributed by atoms with Gasteiger partial charge in [0.2, 0.25) is 5.88 Å². The molecule has 0 saturated carbocycles. The largest absolute Gasteiger partial charge is 0.475 e. The molecule has 2 N–H and O–H groups in total. The highest BCUT2D eigenvalue weighted by molar-refractivity contribution is 7.98. The molecule has 1 heterocycles. The SMILES string of the molecule is CSc1nccc(OC[C@@H](O)CNC(C)C)n1. The van der Waals surface area contributed by atoms with Crippen molar-refractivity contribution in [2.45, 2.75) is 31.1 Å². The van der Waals surface area contributed by atoms with Gasteiger partial charge in [0.1, 0.15) is 12.7 Å². The zero-order chi connectivity index (χ0) is 12.7. The average molecular weight is 257 g/mol. The molecule has 0 saturated heterocycles. The molecule has 6 heteroatoms. The average Bonchev–Trinajstić information content (AvgIpc) is 2.34. The summed E-state index contributed by atoms with van der Waals surface area (Å²) in [7, 11) is 0. The third-order valence-corrected chi connectivity index (χ3v) is 2.54. The number of ether oxygens (including phenoxy) is 1. The molecular weight excluding hydrogens is 238 g/mol. The third-order valence-electron chi connectivity index (χ3n) is 1.98. The molecular formula is C11H19N3O2S. The second kappa shape index (κ2) is 7.47. The lowest BCUT2D eigenvalue weighted by molar-refractivity contribution is 0.102. The van der Waals surface area contributed by atoms with Gasteiger partial charge < -0.3 is 15.2 Å². The molecule has 0 aromatic carbocycles. The summed E-state index contributed by atoms with van der Waals surface area (Å²) in [5.74, 6) is 0.493. The van der Waals surface area contributed by atoms with Crippen molar-refractivity contribution in [1.82, 2.24) is 15.3 Å². The Balaban J connectivity index is 2.33. The van der Waals surface area contributed by atoms with Crippen LogP contribution in [0.4, 0.5) is 0 Å². The van der Waals surface area contributed by atoms with E-state index >= 15 is 0 Å². The number of nitrogens with one attached hydrogen (secondary N) is 1. The summed E-state index contributed by atoms with van der Waals surface area (Å²) in [4.78, 5) is 8.20. The molecule has 0 radical (unpaired) electrons. The maximum atomic E-state index is 9.65. The van der Waals surface area contributed by atoms with Gasteiger partial charge in [0.25, 0.3) is 0 Å². The second-order valence-electron chi connectivity index (χ2n) is 3.91. The van der Waals surface area contributed by atoms with E-state index < -0.39 is 6.10 Å². The molecule has 17 heavy (non-hydrogen) atoms. The zero-order valence-electron chi connectivity index (χ0n) is 10.4. The number of aromatic nitrogens is 2. The summed E-state index contributed by atoms with van der Waals surface area (Å²) in [5.41, 5.74) is 0. The number of hydrogen-bond acceptors (Lipinski definition) is 6. The van der Waals surface area contributed by atoms with Gasteiger partial charge in [-0.05, 0) is 6.26 Å². The summed E-state index contributed by atoms with van der Waals surface area (Å²) < 4.78 is 5.39. The number of nitrogens with zero attached hydrogens (tertiary/aromatic N) is 2. The minimum atomic E-state index is -0.537. The van der Waals surface area contributed by atoms with Gasteiger partial charge >= 0.3 is 0 Å². The van der Waals surface area contributed by atoms with E-state index in [2.05, 4.69) is 15.3 Å². The first-order valence-corrected chi connectivity index (χ1v) is 6.75. The van der Waals surface area contributed by atoms with Crippen molar-refractivity contribution < 1.29 is 9.84 Å².